The van der Waals surface area contributed by atoms with E-state index in [1.54, 1.807) is 11.8 Å². The molecule has 0 atom stereocenters. The summed E-state index contributed by atoms with van der Waals surface area (Å²) in [4.78, 5) is 1.18. The van der Waals surface area contributed by atoms with Gasteiger partial charge in [0.1, 0.15) is 0 Å². The van der Waals surface area contributed by atoms with E-state index in [9.17, 15) is 0 Å². The van der Waals surface area contributed by atoms with Crippen molar-refractivity contribution in [1.29, 1.82) is 0 Å². The first-order chi connectivity index (χ1) is 9.78. The SMILES string of the molecule is CNCc1ccc(Sc2nnc3ccccn23)cc1C. The summed E-state index contributed by atoms with van der Waals surface area (Å²) in [7, 11) is 1.96. The van der Waals surface area contributed by atoms with E-state index in [0.717, 1.165) is 17.3 Å². The molecule has 2 heterocycles. The average Bonchev–Trinajstić information content (AvgIpc) is 2.86. The fourth-order valence-electron chi connectivity index (χ4n) is 2.12. The summed E-state index contributed by atoms with van der Waals surface area (Å²) < 4.78 is 2.00. The van der Waals surface area contributed by atoms with Crippen LogP contribution < -0.4 is 5.32 Å². The third kappa shape index (κ3) is 2.55. The Labute approximate surface area is 122 Å². The predicted octanol–water partition coefficient (Wildman–Crippen LogP) is 2.91. The van der Waals surface area contributed by atoms with Crippen LogP contribution in [0.25, 0.3) is 5.65 Å². The van der Waals surface area contributed by atoms with Gasteiger partial charge < -0.3 is 5.32 Å². The lowest BCUT2D eigenvalue weighted by Crippen LogP contribution is -2.06. The van der Waals surface area contributed by atoms with E-state index in [-0.39, 0.29) is 0 Å². The fourth-order valence-corrected chi connectivity index (χ4v) is 3.03. The minimum atomic E-state index is 0.874. The normalized spacial score (nSPS) is 11.1. The van der Waals surface area contributed by atoms with Crippen LogP contribution in [0.1, 0.15) is 11.1 Å². The molecule has 0 saturated heterocycles. The standard InChI is InChI=1S/C15H16N4S/c1-11-9-13(7-6-12(11)10-16-2)20-15-18-17-14-5-3-4-8-19(14)15/h3-9,16H,10H2,1-2H3. The summed E-state index contributed by atoms with van der Waals surface area (Å²) >= 11 is 1.63. The number of aromatic nitrogens is 3. The van der Waals surface area contributed by atoms with Gasteiger partial charge in [-0.1, -0.05) is 12.1 Å². The molecule has 0 amide bonds. The number of nitrogens with one attached hydrogen (secondary N) is 1. The van der Waals surface area contributed by atoms with Crippen molar-refractivity contribution in [3.05, 3.63) is 53.7 Å². The first-order valence-corrected chi connectivity index (χ1v) is 7.31. The molecule has 4 nitrogen and oxygen atoms in total. The molecule has 5 heteroatoms. The minimum absolute atomic E-state index is 0.874. The van der Waals surface area contributed by atoms with Crippen molar-refractivity contribution in [3.8, 4) is 0 Å². The van der Waals surface area contributed by atoms with Gasteiger partial charge in [0, 0.05) is 17.6 Å². The summed E-state index contributed by atoms with van der Waals surface area (Å²) in [5.74, 6) is 0. The second kappa shape index (κ2) is 5.64. The van der Waals surface area contributed by atoms with Crippen molar-refractivity contribution in [2.75, 3.05) is 7.05 Å². The van der Waals surface area contributed by atoms with Crippen molar-refractivity contribution in [2.45, 2.75) is 23.5 Å². The van der Waals surface area contributed by atoms with Crippen LogP contribution in [0.15, 0.2) is 52.6 Å². The zero-order valence-corrected chi connectivity index (χ0v) is 12.3. The summed E-state index contributed by atoms with van der Waals surface area (Å²) in [6.07, 6.45) is 1.99. The van der Waals surface area contributed by atoms with E-state index in [1.807, 2.05) is 35.8 Å². The van der Waals surface area contributed by atoms with Crippen molar-refractivity contribution in [3.63, 3.8) is 0 Å². The van der Waals surface area contributed by atoms with E-state index >= 15 is 0 Å². The summed E-state index contributed by atoms with van der Waals surface area (Å²) in [6.45, 7) is 3.03. The predicted molar refractivity (Wildman–Crippen MR) is 81.1 cm³/mol. The molecule has 2 aromatic heterocycles. The number of benzene rings is 1. The Kier molecular flexibility index (Phi) is 3.71. The number of fused-ring (bicyclic) bond motifs is 1. The molecular formula is C15H16N4S. The Hall–Kier alpha value is -1.85. The maximum Gasteiger partial charge on any atom is 0.200 e. The number of aryl methyl sites for hydroxylation is 1. The first-order valence-electron chi connectivity index (χ1n) is 6.49. The number of rotatable bonds is 4. The molecule has 0 aliphatic rings. The molecule has 1 aromatic carbocycles. The molecule has 0 radical (unpaired) electrons. The molecule has 0 saturated carbocycles. The maximum atomic E-state index is 4.24. The molecule has 0 spiro atoms. The van der Waals surface area contributed by atoms with Gasteiger partial charge in [-0.15, -0.1) is 10.2 Å². The third-order valence-electron chi connectivity index (χ3n) is 3.17. The van der Waals surface area contributed by atoms with Crippen LogP contribution in [0.3, 0.4) is 0 Å². The molecule has 0 bridgehead atoms. The molecule has 0 aliphatic carbocycles. The van der Waals surface area contributed by atoms with Crippen LogP contribution in [0.2, 0.25) is 0 Å². The van der Waals surface area contributed by atoms with Crippen LogP contribution in [0.4, 0.5) is 0 Å². The van der Waals surface area contributed by atoms with Gasteiger partial charge in [-0.3, -0.25) is 4.40 Å². The van der Waals surface area contributed by atoms with Gasteiger partial charge in [-0.2, -0.15) is 0 Å². The maximum absolute atomic E-state index is 4.24. The lowest BCUT2D eigenvalue weighted by atomic mass is 10.1. The van der Waals surface area contributed by atoms with Crippen LogP contribution in [0, 0.1) is 6.92 Å². The van der Waals surface area contributed by atoms with Crippen LogP contribution >= 0.6 is 11.8 Å². The second-order valence-electron chi connectivity index (χ2n) is 4.63. The summed E-state index contributed by atoms with van der Waals surface area (Å²) in [5.41, 5.74) is 3.49. The van der Waals surface area contributed by atoms with Gasteiger partial charge >= 0.3 is 0 Å². The van der Waals surface area contributed by atoms with E-state index in [2.05, 4.69) is 40.6 Å². The molecule has 0 fully saturated rings. The largest absolute Gasteiger partial charge is 0.316 e. The van der Waals surface area contributed by atoms with Gasteiger partial charge in [0.2, 0.25) is 0 Å². The Morgan fingerprint density at radius 2 is 2.10 bits per heavy atom. The van der Waals surface area contributed by atoms with Gasteiger partial charge in [0.15, 0.2) is 10.8 Å². The monoisotopic (exact) mass is 284 g/mol. The molecule has 20 heavy (non-hydrogen) atoms. The Morgan fingerprint density at radius 1 is 1.20 bits per heavy atom. The van der Waals surface area contributed by atoms with E-state index < -0.39 is 0 Å². The van der Waals surface area contributed by atoms with Crippen molar-refractivity contribution < 1.29 is 0 Å². The van der Waals surface area contributed by atoms with E-state index in [4.69, 9.17) is 0 Å². The minimum Gasteiger partial charge on any atom is -0.316 e. The number of hydrogen-bond donors (Lipinski definition) is 1. The quantitative estimate of drug-likeness (QED) is 0.800. The zero-order chi connectivity index (χ0) is 13.9. The Balaban J connectivity index is 1.89. The van der Waals surface area contributed by atoms with Gasteiger partial charge in [0.05, 0.1) is 0 Å². The zero-order valence-electron chi connectivity index (χ0n) is 11.5. The van der Waals surface area contributed by atoms with Crippen molar-refractivity contribution >= 4 is 17.4 Å². The van der Waals surface area contributed by atoms with Crippen LogP contribution in [-0.2, 0) is 6.54 Å². The fraction of sp³-hybridized carbons (Fsp3) is 0.200. The number of nitrogens with zero attached hydrogens (tertiary/aromatic N) is 3. The highest BCUT2D eigenvalue weighted by Crippen LogP contribution is 2.28. The Morgan fingerprint density at radius 3 is 2.90 bits per heavy atom. The van der Waals surface area contributed by atoms with Gasteiger partial charge in [-0.25, -0.2) is 0 Å². The first kappa shape index (κ1) is 13.1. The topological polar surface area (TPSA) is 42.2 Å². The third-order valence-corrected chi connectivity index (χ3v) is 4.12. The number of hydrogen-bond acceptors (Lipinski definition) is 4. The average molecular weight is 284 g/mol. The van der Waals surface area contributed by atoms with Crippen LogP contribution in [-0.4, -0.2) is 21.6 Å². The summed E-state index contributed by atoms with van der Waals surface area (Å²) in [6, 6.07) is 12.4. The van der Waals surface area contributed by atoms with E-state index in [0.29, 0.717) is 0 Å². The smallest absolute Gasteiger partial charge is 0.200 e. The van der Waals surface area contributed by atoms with E-state index in [1.165, 1.54) is 16.0 Å². The highest BCUT2D eigenvalue weighted by atomic mass is 32.2. The molecule has 0 unspecified atom stereocenters. The highest BCUT2D eigenvalue weighted by molar-refractivity contribution is 7.99. The Bertz CT molecular complexity index is 736. The molecule has 3 aromatic rings. The van der Waals surface area contributed by atoms with Crippen molar-refractivity contribution in [1.82, 2.24) is 19.9 Å². The lowest BCUT2D eigenvalue weighted by Gasteiger charge is -2.07. The number of pyridine rings is 1. The molecular weight excluding hydrogens is 268 g/mol. The second-order valence-corrected chi connectivity index (χ2v) is 5.67. The van der Waals surface area contributed by atoms with Gasteiger partial charge in [-0.05, 0) is 61.1 Å². The van der Waals surface area contributed by atoms with Crippen LogP contribution in [0.5, 0.6) is 0 Å². The van der Waals surface area contributed by atoms with Gasteiger partial charge in [0.25, 0.3) is 0 Å². The lowest BCUT2D eigenvalue weighted by molar-refractivity contribution is 0.811. The highest BCUT2D eigenvalue weighted by Gasteiger charge is 2.07. The molecule has 3 rings (SSSR count). The molecule has 0 aliphatic heterocycles. The molecule has 1 N–H and O–H groups in total. The molecule has 102 valence electrons. The van der Waals surface area contributed by atoms with Crippen molar-refractivity contribution in [2.24, 2.45) is 0 Å². The summed E-state index contributed by atoms with van der Waals surface area (Å²) in [5, 5.41) is 12.5.